The Morgan fingerprint density at radius 1 is 1.23 bits per heavy atom. The van der Waals surface area contributed by atoms with E-state index in [1.54, 1.807) is 21.1 Å². The van der Waals surface area contributed by atoms with Gasteiger partial charge in [0.05, 0.1) is 26.5 Å². The first-order chi connectivity index (χ1) is 12.5. The topological polar surface area (TPSA) is 81.6 Å². The molecule has 2 aromatic rings. The van der Waals surface area contributed by atoms with Crippen LogP contribution in [0.1, 0.15) is 27.9 Å². The van der Waals surface area contributed by atoms with Crippen LogP contribution in [0.25, 0.3) is 0 Å². The van der Waals surface area contributed by atoms with Crippen molar-refractivity contribution in [2.24, 2.45) is 0 Å². The molecule has 0 radical (unpaired) electrons. The van der Waals surface area contributed by atoms with Crippen molar-refractivity contribution >= 4 is 0 Å². The van der Waals surface area contributed by atoms with Gasteiger partial charge in [0, 0.05) is 12.0 Å². The van der Waals surface area contributed by atoms with Crippen LogP contribution in [-0.2, 0) is 19.6 Å². The number of nitrogens with one attached hydrogen (secondary N) is 1. The Labute approximate surface area is 152 Å². The first-order valence-electron chi connectivity index (χ1n) is 8.54. The first-order valence-corrected chi connectivity index (χ1v) is 8.54. The molecule has 0 spiro atoms. The third kappa shape index (κ3) is 3.16. The van der Waals surface area contributed by atoms with Gasteiger partial charge in [0.2, 0.25) is 0 Å². The van der Waals surface area contributed by atoms with E-state index < -0.39 is 0 Å². The van der Waals surface area contributed by atoms with Gasteiger partial charge in [0.1, 0.15) is 18.2 Å². The zero-order valence-electron chi connectivity index (χ0n) is 15.5. The van der Waals surface area contributed by atoms with Crippen LogP contribution in [0, 0.1) is 25.2 Å². The van der Waals surface area contributed by atoms with Gasteiger partial charge in [-0.1, -0.05) is 0 Å². The third-order valence-electron chi connectivity index (χ3n) is 5.02. The van der Waals surface area contributed by atoms with Crippen molar-refractivity contribution in [1.29, 1.82) is 5.26 Å². The summed E-state index contributed by atoms with van der Waals surface area (Å²) >= 11 is 0. The standard InChI is InChI=1S/C19H22N4O3/c1-12-13(2)21-23(19(24)16(12)9-20)11-22-6-5-14-7-17(25-3)18(26-4)8-15(14)10-22/h7-8H,5-6,10-11H2,1-4H3/p+1. The summed E-state index contributed by atoms with van der Waals surface area (Å²) in [5, 5.41) is 13.6. The molecule has 0 saturated heterocycles. The zero-order chi connectivity index (χ0) is 18.8. The highest BCUT2D eigenvalue weighted by Gasteiger charge is 2.23. The maximum atomic E-state index is 12.5. The summed E-state index contributed by atoms with van der Waals surface area (Å²) in [6, 6.07) is 6.04. The smallest absolute Gasteiger partial charge is 0.289 e. The van der Waals surface area contributed by atoms with Crippen molar-refractivity contribution in [3.8, 4) is 17.6 Å². The molecule has 3 rings (SSSR count). The molecular weight excluding hydrogens is 332 g/mol. The second-order valence-corrected chi connectivity index (χ2v) is 6.56. The van der Waals surface area contributed by atoms with Crippen LogP contribution in [0.15, 0.2) is 16.9 Å². The van der Waals surface area contributed by atoms with Crippen LogP contribution in [-0.4, -0.2) is 30.5 Å². The molecule has 1 atom stereocenters. The Hall–Kier alpha value is -2.85. The Kier molecular flexibility index (Phi) is 4.96. The molecule has 1 aliphatic heterocycles. The molecule has 2 heterocycles. The number of quaternary nitrogens is 1. The van der Waals surface area contributed by atoms with Crippen molar-refractivity contribution in [3.63, 3.8) is 0 Å². The fraction of sp³-hybridized carbons (Fsp3) is 0.421. The molecule has 1 unspecified atom stereocenters. The number of benzene rings is 1. The van der Waals surface area contributed by atoms with Crippen molar-refractivity contribution < 1.29 is 14.4 Å². The molecule has 1 aliphatic rings. The van der Waals surface area contributed by atoms with Crippen LogP contribution < -0.4 is 19.9 Å². The van der Waals surface area contributed by atoms with Crippen LogP contribution >= 0.6 is 0 Å². The summed E-state index contributed by atoms with van der Waals surface area (Å²) in [4.78, 5) is 13.7. The highest BCUT2D eigenvalue weighted by atomic mass is 16.5. The molecular formula is C19H23N4O3+. The minimum atomic E-state index is -0.318. The average Bonchev–Trinajstić information content (AvgIpc) is 2.65. The Morgan fingerprint density at radius 2 is 1.88 bits per heavy atom. The first kappa shape index (κ1) is 18.0. The Balaban J connectivity index is 1.88. The van der Waals surface area contributed by atoms with Crippen LogP contribution in [0.4, 0.5) is 0 Å². The van der Waals surface area contributed by atoms with Crippen molar-refractivity contribution in [2.75, 3.05) is 20.8 Å². The van der Waals surface area contributed by atoms with Crippen molar-refractivity contribution in [1.82, 2.24) is 9.78 Å². The molecule has 0 saturated carbocycles. The minimum absolute atomic E-state index is 0.181. The van der Waals surface area contributed by atoms with Crippen LogP contribution in [0.5, 0.6) is 11.5 Å². The van der Waals surface area contributed by atoms with E-state index in [1.165, 1.54) is 20.7 Å². The number of nitriles is 1. The molecule has 0 fully saturated rings. The predicted octanol–water partition coefficient (Wildman–Crippen LogP) is 0.348. The lowest BCUT2D eigenvalue weighted by molar-refractivity contribution is -0.939. The normalized spacial score (nSPS) is 15.9. The number of aryl methyl sites for hydroxylation is 1. The van der Waals surface area contributed by atoms with Gasteiger partial charge < -0.3 is 14.4 Å². The van der Waals surface area contributed by atoms with E-state index >= 15 is 0 Å². The van der Waals surface area contributed by atoms with Gasteiger partial charge in [0.25, 0.3) is 5.56 Å². The van der Waals surface area contributed by atoms with Crippen LogP contribution in [0.3, 0.4) is 0 Å². The fourth-order valence-electron chi connectivity index (χ4n) is 3.39. The second-order valence-electron chi connectivity index (χ2n) is 6.56. The summed E-state index contributed by atoms with van der Waals surface area (Å²) in [5.74, 6) is 1.45. The monoisotopic (exact) mass is 355 g/mol. The van der Waals surface area contributed by atoms with E-state index in [0.29, 0.717) is 23.7 Å². The molecule has 136 valence electrons. The maximum Gasteiger partial charge on any atom is 0.289 e. The Bertz CT molecular complexity index is 943. The summed E-state index contributed by atoms with van der Waals surface area (Å²) in [5.41, 5.74) is 3.65. The predicted molar refractivity (Wildman–Crippen MR) is 95.5 cm³/mol. The summed E-state index contributed by atoms with van der Waals surface area (Å²) < 4.78 is 12.2. The summed E-state index contributed by atoms with van der Waals surface area (Å²) in [6.45, 7) is 5.66. The molecule has 7 nitrogen and oxygen atoms in total. The molecule has 26 heavy (non-hydrogen) atoms. The lowest BCUT2D eigenvalue weighted by atomic mass is 9.99. The molecule has 7 heteroatoms. The number of rotatable bonds is 4. The summed E-state index contributed by atoms with van der Waals surface area (Å²) in [7, 11) is 3.26. The second kappa shape index (κ2) is 7.18. The molecule has 1 aromatic heterocycles. The lowest BCUT2D eigenvalue weighted by Crippen LogP contribution is -3.11. The van der Waals surface area contributed by atoms with E-state index in [9.17, 15) is 10.1 Å². The van der Waals surface area contributed by atoms with Gasteiger partial charge >= 0.3 is 0 Å². The number of aromatic nitrogens is 2. The number of nitrogens with zero attached hydrogens (tertiary/aromatic N) is 3. The van der Waals surface area contributed by atoms with E-state index in [4.69, 9.17) is 9.47 Å². The SMILES string of the molecule is COc1cc2c(cc1OC)C[NH+](Cn1nc(C)c(C)c(C#N)c1=O)CC2. The van der Waals surface area contributed by atoms with Crippen molar-refractivity contribution in [2.45, 2.75) is 33.5 Å². The fourth-order valence-corrected chi connectivity index (χ4v) is 3.39. The van der Waals surface area contributed by atoms with Gasteiger partial charge in [-0.2, -0.15) is 15.0 Å². The largest absolute Gasteiger partial charge is 0.493 e. The quantitative estimate of drug-likeness (QED) is 0.856. The highest BCUT2D eigenvalue weighted by Crippen LogP contribution is 2.31. The number of hydrogen-bond acceptors (Lipinski definition) is 5. The molecule has 1 aromatic carbocycles. The van der Waals surface area contributed by atoms with E-state index in [-0.39, 0.29) is 11.1 Å². The number of fused-ring (bicyclic) bond motifs is 1. The van der Waals surface area contributed by atoms with Gasteiger partial charge in [-0.25, -0.2) is 0 Å². The zero-order valence-corrected chi connectivity index (χ0v) is 15.5. The highest BCUT2D eigenvalue weighted by molar-refractivity contribution is 5.47. The average molecular weight is 355 g/mol. The molecule has 0 aliphatic carbocycles. The van der Waals surface area contributed by atoms with Gasteiger partial charge in [-0.3, -0.25) is 4.79 Å². The number of ether oxygens (including phenoxy) is 2. The number of methoxy groups -OCH3 is 2. The molecule has 1 N–H and O–H groups in total. The molecule has 0 amide bonds. The van der Waals surface area contributed by atoms with Gasteiger partial charge in [-0.15, -0.1) is 0 Å². The van der Waals surface area contributed by atoms with E-state index in [1.807, 2.05) is 25.1 Å². The summed E-state index contributed by atoms with van der Waals surface area (Å²) in [6.07, 6.45) is 0.885. The van der Waals surface area contributed by atoms with Crippen LogP contribution in [0.2, 0.25) is 0 Å². The minimum Gasteiger partial charge on any atom is -0.493 e. The lowest BCUT2D eigenvalue weighted by Gasteiger charge is -2.27. The Morgan fingerprint density at radius 3 is 2.50 bits per heavy atom. The third-order valence-corrected chi connectivity index (χ3v) is 5.02. The maximum absolute atomic E-state index is 12.5. The molecule has 0 bridgehead atoms. The van der Waals surface area contributed by atoms with E-state index in [2.05, 4.69) is 5.10 Å². The van der Waals surface area contributed by atoms with Crippen molar-refractivity contribution in [3.05, 3.63) is 50.4 Å². The van der Waals surface area contributed by atoms with E-state index in [0.717, 1.165) is 25.3 Å². The van der Waals surface area contributed by atoms with Gasteiger partial charge in [-0.05, 0) is 37.1 Å². The number of hydrogen-bond donors (Lipinski definition) is 1. The van der Waals surface area contributed by atoms with Gasteiger partial charge in [0.15, 0.2) is 18.2 Å².